The van der Waals surface area contributed by atoms with E-state index < -0.39 is 0 Å². The van der Waals surface area contributed by atoms with Gasteiger partial charge in [0.05, 0.1) is 5.02 Å². The molecule has 0 aliphatic rings. The van der Waals surface area contributed by atoms with E-state index >= 15 is 0 Å². The van der Waals surface area contributed by atoms with Gasteiger partial charge in [0, 0.05) is 15.1 Å². The van der Waals surface area contributed by atoms with Gasteiger partial charge in [-0.3, -0.25) is 0 Å². The molecule has 3 aromatic carbocycles. The van der Waals surface area contributed by atoms with Crippen LogP contribution in [0.5, 0.6) is 0 Å². The van der Waals surface area contributed by atoms with E-state index in [9.17, 15) is 0 Å². The Morgan fingerprint density at radius 1 is 0.696 bits per heavy atom. The van der Waals surface area contributed by atoms with E-state index in [2.05, 4.69) is 40.2 Å². The van der Waals surface area contributed by atoms with E-state index in [0.29, 0.717) is 0 Å². The van der Waals surface area contributed by atoms with Crippen molar-refractivity contribution in [2.75, 3.05) is 0 Å². The Labute approximate surface area is 156 Å². The Hall–Kier alpha value is -1.28. The molecule has 3 rings (SSSR count). The minimum absolute atomic E-state index is 0.773. The summed E-state index contributed by atoms with van der Waals surface area (Å²) in [5.74, 6) is 0. The van der Waals surface area contributed by atoms with Crippen molar-refractivity contribution in [3.05, 3.63) is 92.4 Å². The van der Waals surface area contributed by atoms with E-state index in [0.717, 1.165) is 25.6 Å². The molecule has 0 unspecified atom stereocenters. The third-order valence-corrected chi connectivity index (χ3v) is 4.83. The van der Waals surface area contributed by atoms with Crippen molar-refractivity contribution in [1.29, 1.82) is 0 Å². The monoisotopic (exact) mass is 406 g/mol. The van der Waals surface area contributed by atoms with Gasteiger partial charge in [-0.15, -0.1) is 0 Å². The van der Waals surface area contributed by atoms with Crippen LogP contribution in [-0.4, -0.2) is 0 Å². The van der Waals surface area contributed by atoms with Crippen LogP contribution in [0.2, 0.25) is 10.0 Å². The first-order valence-corrected chi connectivity index (χ1v) is 8.75. The van der Waals surface area contributed by atoms with Crippen LogP contribution in [-0.2, 0) is 0 Å². The van der Waals surface area contributed by atoms with Crippen LogP contribution < -0.4 is 0 Å². The standard InChI is InChI=1S/C13H11Cl.C7H6BrCl/c1-10-7-8-12(13(14)9-10)11-5-3-2-4-6-11;1-5-2-3-6(8)7(9)4-5/h2-9H,1H3;2-4H,1H3. The highest BCUT2D eigenvalue weighted by atomic mass is 79.9. The number of aryl methyl sites for hydroxylation is 2. The van der Waals surface area contributed by atoms with Crippen molar-refractivity contribution >= 4 is 39.1 Å². The summed E-state index contributed by atoms with van der Waals surface area (Å²) < 4.78 is 0.953. The lowest BCUT2D eigenvalue weighted by atomic mass is 10.0. The highest BCUT2D eigenvalue weighted by Crippen LogP contribution is 2.28. The molecule has 3 aromatic rings. The molecular weight excluding hydrogens is 391 g/mol. The number of rotatable bonds is 1. The molecule has 0 aliphatic carbocycles. The SMILES string of the molecule is Cc1ccc(-c2ccccc2)c(Cl)c1.Cc1ccc(Br)c(Cl)c1. The van der Waals surface area contributed by atoms with Crippen molar-refractivity contribution in [3.63, 3.8) is 0 Å². The summed E-state index contributed by atoms with van der Waals surface area (Å²) in [5.41, 5.74) is 4.63. The average Bonchev–Trinajstić information content (AvgIpc) is 2.53. The minimum atomic E-state index is 0.773. The first-order valence-electron chi connectivity index (χ1n) is 7.20. The summed E-state index contributed by atoms with van der Waals surface area (Å²) in [6.45, 7) is 4.05. The highest BCUT2D eigenvalue weighted by molar-refractivity contribution is 9.10. The lowest BCUT2D eigenvalue weighted by Crippen LogP contribution is -1.80. The second-order valence-electron chi connectivity index (χ2n) is 5.27. The molecule has 0 aromatic heterocycles. The number of benzene rings is 3. The largest absolute Gasteiger partial charge is 0.0837 e. The molecule has 0 aliphatic heterocycles. The number of hydrogen-bond acceptors (Lipinski definition) is 0. The third kappa shape index (κ3) is 5.39. The van der Waals surface area contributed by atoms with E-state index in [1.165, 1.54) is 11.1 Å². The number of halogens is 3. The summed E-state index contributed by atoms with van der Waals surface area (Å²) in [4.78, 5) is 0. The molecule has 0 radical (unpaired) electrons. The van der Waals surface area contributed by atoms with Crippen LogP contribution >= 0.6 is 39.1 Å². The van der Waals surface area contributed by atoms with Gasteiger partial charge >= 0.3 is 0 Å². The van der Waals surface area contributed by atoms with Crippen molar-refractivity contribution in [2.45, 2.75) is 13.8 Å². The molecule has 0 amide bonds. The maximum atomic E-state index is 6.16. The molecular formula is C20H17BrCl2. The molecule has 0 atom stereocenters. The predicted octanol–water partition coefficient (Wildman–Crippen LogP) is 7.73. The van der Waals surface area contributed by atoms with Gasteiger partial charge in [0.15, 0.2) is 0 Å². The molecule has 0 saturated carbocycles. The molecule has 0 nitrogen and oxygen atoms in total. The van der Waals surface area contributed by atoms with Crippen molar-refractivity contribution in [3.8, 4) is 11.1 Å². The lowest BCUT2D eigenvalue weighted by molar-refractivity contribution is 1.46. The van der Waals surface area contributed by atoms with Gasteiger partial charge in [-0.2, -0.15) is 0 Å². The summed E-state index contributed by atoms with van der Waals surface area (Å²) >= 11 is 15.2. The van der Waals surface area contributed by atoms with Crippen LogP contribution in [0.3, 0.4) is 0 Å². The highest BCUT2D eigenvalue weighted by Gasteiger charge is 2.01. The van der Waals surface area contributed by atoms with Gasteiger partial charge < -0.3 is 0 Å². The fourth-order valence-electron chi connectivity index (χ4n) is 2.07. The van der Waals surface area contributed by atoms with E-state index in [1.807, 2.05) is 56.3 Å². The van der Waals surface area contributed by atoms with Crippen molar-refractivity contribution in [1.82, 2.24) is 0 Å². The summed E-state index contributed by atoms with van der Waals surface area (Å²) in [7, 11) is 0. The molecule has 0 bridgehead atoms. The van der Waals surface area contributed by atoms with Gasteiger partial charge in [-0.25, -0.2) is 0 Å². The summed E-state index contributed by atoms with van der Waals surface area (Å²) in [6.07, 6.45) is 0. The van der Waals surface area contributed by atoms with Crippen LogP contribution in [0.25, 0.3) is 11.1 Å². The fourth-order valence-corrected chi connectivity index (χ4v) is 2.90. The zero-order valence-corrected chi connectivity index (χ0v) is 16.1. The second-order valence-corrected chi connectivity index (χ2v) is 6.94. The average molecular weight is 408 g/mol. The smallest absolute Gasteiger partial charge is 0.0550 e. The van der Waals surface area contributed by atoms with E-state index in [-0.39, 0.29) is 0 Å². The Bertz CT molecular complexity index is 783. The quantitative estimate of drug-likeness (QED) is 0.387. The molecule has 0 heterocycles. The molecule has 3 heteroatoms. The maximum absolute atomic E-state index is 6.16. The molecule has 0 fully saturated rings. The fraction of sp³-hybridized carbons (Fsp3) is 0.100. The zero-order valence-electron chi connectivity index (χ0n) is 13.0. The van der Waals surface area contributed by atoms with Crippen LogP contribution in [0.1, 0.15) is 11.1 Å². The minimum Gasteiger partial charge on any atom is -0.0837 e. The molecule has 23 heavy (non-hydrogen) atoms. The second kappa shape index (κ2) is 8.54. The third-order valence-electron chi connectivity index (χ3n) is 3.28. The van der Waals surface area contributed by atoms with Gasteiger partial charge in [0.1, 0.15) is 0 Å². The zero-order chi connectivity index (χ0) is 16.8. The lowest BCUT2D eigenvalue weighted by Gasteiger charge is -2.04. The number of hydrogen-bond donors (Lipinski definition) is 0. The van der Waals surface area contributed by atoms with Gasteiger partial charge in [0.2, 0.25) is 0 Å². The van der Waals surface area contributed by atoms with Gasteiger partial charge in [0.25, 0.3) is 0 Å². The van der Waals surface area contributed by atoms with Crippen LogP contribution in [0.4, 0.5) is 0 Å². The van der Waals surface area contributed by atoms with Crippen molar-refractivity contribution in [2.24, 2.45) is 0 Å². The molecule has 0 N–H and O–H groups in total. The maximum Gasteiger partial charge on any atom is 0.0550 e. The van der Waals surface area contributed by atoms with Crippen molar-refractivity contribution < 1.29 is 0 Å². The summed E-state index contributed by atoms with van der Waals surface area (Å²) in [6, 6.07) is 22.2. The van der Waals surface area contributed by atoms with Gasteiger partial charge in [-0.1, -0.05) is 71.7 Å². The van der Waals surface area contributed by atoms with Crippen LogP contribution in [0, 0.1) is 13.8 Å². The van der Waals surface area contributed by atoms with E-state index in [4.69, 9.17) is 23.2 Å². The predicted molar refractivity (Wildman–Crippen MR) is 106 cm³/mol. The van der Waals surface area contributed by atoms with E-state index in [1.54, 1.807) is 0 Å². The first-order chi connectivity index (χ1) is 11.0. The van der Waals surface area contributed by atoms with Crippen LogP contribution in [0.15, 0.2) is 71.2 Å². The van der Waals surface area contributed by atoms with Gasteiger partial charge in [-0.05, 0) is 64.7 Å². The Morgan fingerprint density at radius 2 is 1.26 bits per heavy atom. The molecule has 0 saturated heterocycles. The molecule has 0 spiro atoms. The Kier molecular flexibility index (Phi) is 6.71. The normalized spacial score (nSPS) is 9.96. The topological polar surface area (TPSA) is 0 Å². The first kappa shape index (κ1) is 18.1. The molecule has 118 valence electrons. The summed E-state index contributed by atoms with van der Waals surface area (Å²) in [5, 5.41) is 1.59. The Morgan fingerprint density at radius 3 is 1.78 bits per heavy atom. The Balaban J connectivity index is 0.000000185.